The lowest BCUT2D eigenvalue weighted by molar-refractivity contribution is 1.18. The number of hydrogen-bond donors (Lipinski definition) is 0. The molecule has 0 unspecified atom stereocenters. The summed E-state index contributed by atoms with van der Waals surface area (Å²) in [7, 11) is 0. The first-order valence-electron chi connectivity index (χ1n) is 20.8. The highest BCUT2D eigenvalue weighted by atomic mass is 32.1. The number of rotatable bonds is 5. The molecule has 0 bridgehead atoms. The van der Waals surface area contributed by atoms with Crippen molar-refractivity contribution in [1.29, 1.82) is 0 Å². The van der Waals surface area contributed by atoms with Gasteiger partial charge < -0.3 is 9.13 Å². The van der Waals surface area contributed by atoms with Gasteiger partial charge in [0.25, 0.3) is 0 Å². The molecule has 0 amide bonds. The van der Waals surface area contributed by atoms with Gasteiger partial charge in [0, 0.05) is 83.4 Å². The average molecular weight is 861 g/mol. The van der Waals surface area contributed by atoms with Crippen molar-refractivity contribution in [1.82, 2.24) is 9.13 Å². The molecule has 0 atom stereocenters. The predicted octanol–water partition coefficient (Wildman–Crippen LogP) is 17.7. The van der Waals surface area contributed by atoms with E-state index in [9.17, 15) is 0 Å². The highest BCUT2D eigenvalue weighted by molar-refractivity contribution is 7.31. The molecule has 0 fully saturated rings. The summed E-state index contributed by atoms with van der Waals surface area (Å²) in [6, 6.07) is 71.8. The van der Waals surface area contributed by atoms with E-state index in [1.165, 1.54) is 126 Å². The first-order chi connectivity index (χ1) is 30.7. The third-order valence-electron chi connectivity index (χ3n) is 12.6. The van der Waals surface area contributed by atoms with Crippen molar-refractivity contribution in [2.24, 2.45) is 0 Å². The fourth-order valence-corrected chi connectivity index (χ4v) is 14.9. The van der Waals surface area contributed by atoms with E-state index in [1.54, 1.807) is 0 Å². The fourth-order valence-electron chi connectivity index (χ4n) is 9.79. The van der Waals surface area contributed by atoms with Gasteiger partial charge in [-0.05, 0) is 77.9 Å². The molecule has 62 heavy (non-hydrogen) atoms. The predicted molar refractivity (Wildman–Crippen MR) is 273 cm³/mol. The minimum atomic E-state index is 1.17. The molecule has 0 saturated heterocycles. The van der Waals surface area contributed by atoms with Gasteiger partial charge in [-0.1, -0.05) is 127 Å². The van der Waals surface area contributed by atoms with E-state index in [4.69, 9.17) is 0 Å². The maximum absolute atomic E-state index is 2.52. The third-order valence-corrected chi connectivity index (χ3v) is 17.5. The molecule has 8 aromatic carbocycles. The fraction of sp³-hybridized carbons (Fsp3) is 0. The molecule has 6 aromatic heterocycles. The SMILES string of the molecule is c1ccc(-n2c3ccccc3c3cc(-c4ccc(-n5c6cc(-c7cccc8c7sc7ccccc78)sc6c6sc(-c7cccc8c7sc7ccccc78)cc65)cc4)ccc32)cc1. The molecule has 0 spiro atoms. The van der Waals surface area contributed by atoms with Gasteiger partial charge in [0.1, 0.15) is 0 Å². The highest BCUT2D eigenvalue weighted by Gasteiger charge is 2.23. The van der Waals surface area contributed by atoms with E-state index in [-0.39, 0.29) is 0 Å². The van der Waals surface area contributed by atoms with Crippen LogP contribution in [-0.4, -0.2) is 9.13 Å². The lowest BCUT2D eigenvalue weighted by Crippen LogP contribution is -1.93. The molecular formula is C56H32N2S4. The zero-order chi connectivity index (χ0) is 40.5. The Balaban J connectivity index is 0.946. The van der Waals surface area contributed by atoms with Gasteiger partial charge in [-0.25, -0.2) is 0 Å². The second kappa shape index (κ2) is 13.3. The van der Waals surface area contributed by atoms with E-state index in [2.05, 4.69) is 203 Å². The van der Waals surface area contributed by atoms with Gasteiger partial charge in [0.05, 0.1) is 31.5 Å². The van der Waals surface area contributed by atoms with E-state index in [0.29, 0.717) is 0 Å². The molecule has 0 saturated carbocycles. The van der Waals surface area contributed by atoms with Crippen LogP contribution in [0.2, 0.25) is 0 Å². The number of fused-ring (bicyclic) bond motifs is 12. The Kier molecular flexibility index (Phi) is 7.51. The topological polar surface area (TPSA) is 9.86 Å². The number of benzene rings is 8. The summed E-state index contributed by atoms with van der Waals surface area (Å²) < 4.78 is 13.0. The first kappa shape index (κ1) is 34.9. The smallest absolute Gasteiger partial charge is 0.0711 e. The standard InChI is InChI=1S/C56H32N2S4/c1-2-12-35(13-3-1)57-45-21-7-4-14-37(45)44-30-34(26-29-46(44)57)33-24-27-36(28-25-33)58-47-31-51(42-19-10-17-40-38-15-5-8-22-49(38)59-53(40)42)61-55(47)56-48(58)32-52(62-56)43-20-11-18-41-39-16-6-9-23-50(39)60-54(41)43/h1-32H. The van der Waals surface area contributed by atoms with Gasteiger partial charge in [-0.2, -0.15) is 0 Å². The van der Waals surface area contributed by atoms with Crippen molar-refractivity contribution in [3.63, 3.8) is 0 Å². The molecule has 6 heteroatoms. The number of aromatic nitrogens is 2. The second-order valence-corrected chi connectivity index (χ2v) is 20.2. The van der Waals surface area contributed by atoms with Crippen LogP contribution in [0, 0.1) is 0 Å². The van der Waals surface area contributed by atoms with Crippen molar-refractivity contribution in [2.75, 3.05) is 0 Å². The molecule has 0 aliphatic rings. The van der Waals surface area contributed by atoms with Crippen molar-refractivity contribution >= 4 is 128 Å². The quantitative estimate of drug-likeness (QED) is 0.163. The molecule has 2 nitrogen and oxygen atoms in total. The van der Waals surface area contributed by atoms with Crippen LogP contribution < -0.4 is 0 Å². The number of hydrogen-bond acceptors (Lipinski definition) is 4. The summed E-state index contributed by atoms with van der Waals surface area (Å²) in [5.41, 5.74) is 12.4. The van der Waals surface area contributed by atoms with Gasteiger partial charge in [0.15, 0.2) is 0 Å². The Labute approximate surface area is 372 Å². The van der Waals surface area contributed by atoms with Crippen molar-refractivity contribution in [3.8, 4) is 43.4 Å². The Morgan fingerprint density at radius 2 is 0.758 bits per heavy atom. The molecule has 0 aliphatic heterocycles. The van der Waals surface area contributed by atoms with Crippen molar-refractivity contribution in [2.45, 2.75) is 0 Å². The lowest BCUT2D eigenvalue weighted by atomic mass is 10.0. The van der Waals surface area contributed by atoms with E-state index >= 15 is 0 Å². The monoisotopic (exact) mass is 860 g/mol. The van der Waals surface area contributed by atoms with Gasteiger partial charge in [-0.3, -0.25) is 0 Å². The Bertz CT molecular complexity index is 3930. The summed E-state index contributed by atoms with van der Waals surface area (Å²) in [5, 5.41) is 7.87. The molecule has 290 valence electrons. The van der Waals surface area contributed by atoms with Crippen LogP contribution in [0.4, 0.5) is 0 Å². The summed E-state index contributed by atoms with van der Waals surface area (Å²) in [4.78, 5) is 2.62. The Morgan fingerprint density at radius 1 is 0.274 bits per heavy atom. The van der Waals surface area contributed by atoms with E-state index in [0.717, 1.165) is 0 Å². The molecule has 6 heterocycles. The summed E-state index contributed by atoms with van der Waals surface area (Å²) in [6.45, 7) is 0. The zero-order valence-corrected chi connectivity index (χ0v) is 36.3. The van der Waals surface area contributed by atoms with Gasteiger partial charge in [0.2, 0.25) is 0 Å². The van der Waals surface area contributed by atoms with Crippen LogP contribution in [0.25, 0.3) is 126 Å². The molecule has 14 rings (SSSR count). The van der Waals surface area contributed by atoms with E-state index < -0.39 is 0 Å². The summed E-state index contributed by atoms with van der Waals surface area (Å²) in [6.07, 6.45) is 0. The van der Waals surface area contributed by atoms with Gasteiger partial charge >= 0.3 is 0 Å². The molecular weight excluding hydrogens is 829 g/mol. The Hall–Kier alpha value is -6.80. The third kappa shape index (κ3) is 5.06. The molecule has 0 radical (unpaired) electrons. The minimum Gasteiger partial charge on any atom is -0.309 e. The largest absolute Gasteiger partial charge is 0.309 e. The normalized spacial score (nSPS) is 12.2. The molecule has 14 aromatic rings. The van der Waals surface area contributed by atoms with Crippen molar-refractivity contribution in [3.05, 3.63) is 194 Å². The van der Waals surface area contributed by atoms with E-state index in [1.807, 2.05) is 45.3 Å². The highest BCUT2D eigenvalue weighted by Crippen LogP contribution is 2.50. The molecule has 0 aliphatic carbocycles. The average Bonchev–Trinajstić information content (AvgIpc) is 4.18. The van der Waals surface area contributed by atoms with Gasteiger partial charge in [-0.15, -0.1) is 45.3 Å². The zero-order valence-electron chi connectivity index (χ0n) is 33.0. The summed E-state index contributed by atoms with van der Waals surface area (Å²) >= 11 is 7.68. The van der Waals surface area contributed by atoms with Crippen LogP contribution in [0.3, 0.4) is 0 Å². The van der Waals surface area contributed by atoms with Crippen LogP contribution >= 0.6 is 45.3 Å². The molecule has 0 N–H and O–H groups in total. The number of para-hydroxylation sites is 2. The maximum Gasteiger partial charge on any atom is 0.0711 e. The second-order valence-electron chi connectivity index (χ2n) is 16.0. The van der Waals surface area contributed by atoms with Crippen molar-refractivity contribution < 1.29 is 0 Å². The van der Waals surface area contributed by atoms with Crippen LogP contribution in [0.1, 0.15) is 0 Å². The summed E-state index contributed by atoms with van der Waals surface area (Å²) in [5.74, 6) is 0. The lowest BCUT2D eigenvalue weighted by Gasteiger charge is -2.10. The van der Waals surface area contributed by atoms with Crippen LogP contribution in [0.15, 0.2) is 194 Å². The van der Waals surface area contributed by atoms with Crippen LogP contribution in [-0.2, 0) is 0 Å². The number of thiophene rings is 4. The maximum atomic E-state index is 2.52. The number of nitrogens with zero attached hydrogens (tertiary/aromatic N) is 2. The first-order valence-corrected chi connectivity index (χ1v) is 24.1. The van der Waals surface area contributed by atoms with Crippen LogP contribution in [0.5, 0.6) is 0 Å². The Morgan fingerprint density at radius 3 is 1.39 bits per heavy atom. The minimum absolute atomic E-state index is 1.17.